The fourth-order valence-electron chi connectivity index (χ4n) is 1.76. The second kappa shape index (κ2) is 9.39. The topological polar surface area (TPSA) is 62.5 Å². The van der Waals surface area contributed by atoms with E-state index in [9.17, 15) is 0 Å². The minimum absolute atomic E-state index is 0.386. The molecule has 20 heavy (non-hydrogen) atoms. The van der Waals surface area contributed by atoms with Gasteiger partial charge in [0, 0.05) is 19.2 Å². The van der Waals surface area contributed by atoms with Gasteiger partial charge in [0.05, 0.1) is 5.69 Å². The van der Waals surface area contributed by atoms with E-state index in [1.165, 1.54) is 19.3 Å². The molecule has 0 spiro atoms. The maximum Gasteiger partial charge on any atom is 0.191 e. The predicted molar refractivity (Wildman–Crippen MR) is 82.9 cm³/mol. The first-order chi connectivity index (χ1) is 9.67. The fraction of sp³-hybridized carbons (Fsp3) is 0.733. The van der Waals surface area contributed by atoms with Crippen LogP contribution in [0.4, 0.5) is 0 Å². The van der Waals surface area contributed by atoms with E-state index in [1.807, 2.05) is 6.07 Å². The van der Waals surface area contributed by atoms with Crippen LogP contribution in [0.3, 0.4) is 0 Å². The van der Waals surface area contributed by atoms with Crippen LogP contribution in [0.2, 0.25) is 0 Å². The number of unbranched alkanes of at least 4 members (excludes halogenated alkanes) is 2. The Kier molecular flexibility index (Phi) is 7.77. The summed E-state index contributed by atoms with van der Waals surface area (Å²) in [6, 6.07) is 1.98. The minimum Gasteiger partial charge on any atom is -0.359 e. The summed E-state index contributed by atoms with van der Waals surface area (Å²) in [6.45, 7) is 10.8. The van der Waals surface area contributed by atoms with Crippen molar-refractivity contribution in [2.75, 3.05) is 13.1 Å². The van der Waals surface area contributed by atoms with Crippen molar-refractivity contribution in [2.24, 2.45) is 4.99 Å². The molecule has 1 aromatic rings. The molecule has 0 fully saturated rings. The number of rotatable bonds is 8. The minimum atomic E-state index is 0.386. The SMILES string of the molecule is CCCCCNC(=NCc1cc(C(C)C)no1)NCC. The average molecular weight is 280 g/mol. The largest absolute Gasteiger partial charge is 0.359 e. The predicted octanol–water partition coefficient (Wildman–Crippen LogP) is 3.04. The molecule has 0 unspecified atom stereocenters. The van der Waals surface area contributed by atoms with Crippen LogP contribution in [0.25, 0.3) is 0 Å². The molecule has 1 heterocycles. The van der Waals surface area contributed by atoms with Gasteiger partial charge < -0.3 is 15.2 Å². The smallest absolute Gasteiger partial charge is 0.191 e. The summed E-state index contributed by atoms with van der Waals surface area (Å²) in [5.74, 6) is 2.03. The molecule has 5 nitrogen and oxygen atoms in total. The van der Waals surface area contributed by atoms with Gasteiger partial charge in [-0.15, -0.1) is 0 Å². The Morgan fingerprint density at radius 1 is 1.30 bits per heavy atom. The average Bonchev–Trinajstić information content (AvgIpc) is 2.90. The van der Waals surface area contributed by atoms with E-state index in [4.69, 9.17) is 4.52 Å². The van der Waals surface area contributed by atoms with E-state index in [0.717, 1.165) is 30.5 Å². The van der Waals surface area contributed by atoms with Crippen molar-refractivity contribution in [1.82, 2.24) is 15.8 Å². The molecule has 0 saturated heterocycles. The summed E-state index contributed by atoms with van der Waals surface area (Å²) < 4.78 is 5.28. The Morgan fingerprint density at radius 2 is 2.10 bits per heavy atom. The first kappa shape index (κ1) is 16.5. The first-order valence-corrected chi connectivity index (χ1v) is 7.65. The lowest BCUT2D eigenvalue weighted by Crippen LogP contribution is -2.37. The van der Waals surface area contributed by atoms with Gasteiger partial charge in [-0.25, -0.2) is 4.99 Å². The molecule has 0 saturated carbocycles. The summed E-state index contributed by atoms with van der Waals surface area (Å²) in [5.41, 5.74) is 0.983. The second-order valence-electron chi connectivity index (χ2n) is 5.20. The van der Waals surface area contributed by atoms with Gasteiger partial charge in [0.15, 0.2) is 11.7 Å². The third-order valence-corrected chi connectivity index (χ3v) is 2.98. The number of aliphatic imine (C=N–C) groups is 1. The highest BCUT2D eigenvalue weighted by Crippen LogP contribution is 2.14. The standard InChI is InChI=1S/C15H28N4O/c1-5-7-8-9-17-15(16-6-2)18-11-13-10-14(12(3)4)19-20-13/h10,12H,5-9,11H2,1-4H3,(H2,16,17,18). The molecule has 0 aliphatic carbocycles. The van der Waals surface area contributed by atoms with Crippen molar-refractivity contribution in [3.63, 3.8) is 0 Å². The summed E-state index contributed by atoms with van der Waals surface area (Å²) in [4.78, 5) is 4.51. The van der Waals surface area contributed by atoms with Crippen LogP contribution in [0, 0.1) is 0 Å². The Hall–Kier alpha value is -1.52. The fourth-order valence-corrected chi connectivity index (χ4v) is 1.76. The molecular weight excluding hydrogens is 252 g/mol. The molecule has 2 N–H and O–H groups in total. The van der Waals surface area contributed by atoms with Gasteiger partial charge in [-0.3, -0.25) is 0 Å². The molecule has 0 aromatic carbocycles. The van der Waals surface area contributed by atoms with Crippen molar-refractivity contribution in [3.8, 4) is 0 Å². The lowest BCUT2D eigenvalue weighted by molar-refractivity contribution is 0.376. The molecule has 1 aromatic heterocycles. The molecule has 0 bridgehead atoms. The third kappa shape index (κ3) is 6.08. The Morgan fingerprint density at radius 3 is 2.70 bits per heavy atom. The van der Waals surface area contributed by atoms with Crippen LogP contribution in [-0.4, -0.2) is 24.2 Å². The maximum atomic E-state index is 5.28. The monoisotopic (exact) mass is 280 g/mol. The molecule has 0 aliphatic heterocycles. The highest BCUT2D eigenvalue weighted by Gasteiger charge is 2.07. The zero-order valence-electron chi connectivity index (χ0n) is 13.2. The summed E-state index contributed by atoms with van der Waals surface area (Å²) in [7, 11) is 0. The van der Waals surface area contributed by atoms with Gasteiger partial charge in [0.2, 0.25) is 0 Å². The van der Waals surface area contributed by atoms with E-state index in [0.29, 0.717) is 12.5 Å². The van der Waals surface area contributed by atoms with Gasteiger partial charge in [0.1, 0.15) is 6.54 Å². The van der Waals surface area contributed by atoms with Crippen LogP contribution in [-0.2, 0) is 6.54 Å². The highest BCUT2D eigenvalue weighted by atomic mass is 16.5. The van der Waals surface area contributed by atoms with Gasteiger partial charge in [-0.1, -0.05) is 38.8 Å². The molecule has 5 heteroatoms. The van der Waals surface area contributed by atoms with E-state index in [2.05, 4.69) is 48.5 Å². The zero-order chi connectivity index (χ0) is 14.8. The van der Waals surface area contributed by atoms with Gasteiger partial charge in [-0.2, -0.15) is 0 Å². The van der Waals surface area contributed by atoms with Gasteiger partial charge >= 0.3 is 0 Å². The van der Waals surface area contributed by atoms with Crippen molar-refractivity contribution >= 4 is 5.96 Å². The number of hydrogen-bond acceptors (Lipinski definition) is 3. The van der Waals surface area contributed by atoms with Crippen LogP contribution in [0.15, 0.2) is 15.6 Å². The normalized spacial score (nSPS) is 11.9. The number of nitrogens with one attached hydrogen (secondary N) is 2. The molecule has 0 atom stereocenters. The number of aromatic nitrogens is 1. The lowest BCUT2D eigenvalue weighted by atomic mass is 10.1. The van der Waals surface area contributed by atoms with E-state index >= 15 is 0 Å². The van der Waals surface area contributed by atoms with E-state index in [1.54, 1.807) is 0 Å². The Bertz CT molecular complexity index is 398. The van der Waals surface area contributed by atoms with Crippen molar-refractivity contribution in [1.29, 1.82) is 0 Å². The number of nitrogens with zero attached hydrogens (tertiary/aromatic N) is 2. The third-order valence-electron chi connectivity index (χ3n) is 2.98. The number of hydrogen-bond donors (Lipinski definition) is 2. The van der Waals surface area contributed by atoms with Crippen molar-refractivity contribution < 1.29 is 4.52 Å². The molecule has 1 rings (SSSR count). The molecule has 114 valence electrons. The van der Waals surface area contributed by atoms with Crippen LogP contribution >= 0.6 is 0 Å². The second-order valence-corrected chi connectivity index (χ2v) is 5.20. The van der Waals surface area contributed by atoms with Crippen LogP contribution < -0.4 is 10.6 Å². The molecule has 0 amide bonds. The summed E-state index contributed by atoms with van der Waals surface area (Å²) in [6.07, 6.45) is 3.64. The van der Waals surface area contributed by atoms with E-state index in [-0.39, 0.29) is 0 Å². The summed E-state index contributed by atoms with van der Waals surface area (Å²) >= 11 is 0. The Labute approximate surface area is 122 Å². The lowest BCUT2D eigenvalue weighted by Gasteiger charge is -2.10. The molecule has 0 aliphatic rings. The van der Waals surface area contributed by atoms with Crippen LogP contribution in [0.5, 0.6) is 0 Å². The number of guanidine groups is 1. The first-order valence-electron chi connectivity index (χ1n) is 7.65. The van der Waals surface area contributed by atoms with Gasteiger partial charge in [-0.05, 0) is 19.3 Å². The Balaban J connectivity index is 2.47. The van der Waals surface area contributed by atoms with Crippen molar-refractivity contribution in [2.45, 2.75) is 59.4 Å². The molecule has 0 radical (unpaired) electrons. The van der Waals surface area contributed by atoms with E-state index < -0.39 is 0 Å². The maximum absolute atomic E-state index is 5.28. The highest BCUT2D eigenvalue weighted by molar-refractivity contribution is 5.79. The van der Waals surface area contributed by atoms with Crippen molar-refractivity contribution in [3.05, 3.63) is 17.5 Å². The quantitative estimate of drug-likeness (QED) is 0.436. The van der Waals surface area contributed by atoms with Crippen LogP contribution in [0.1, 0.15) is 64.3 Å². The zero-order valence-corrected chi connectivity index (χ0v) is 13.2. The summed E-state index contributed by atoms with van der Waals surface area (Å²) in [5, 5.41) is 10.6. The molecular formula is C15H28N4O. The van der Waals surface area contributed by atoms with Gasteiger partial charge in [0.25, 0.3) is 0 Å².